The summed E-state index contributed by atoms with van der Waals surface area (Å²) in [4.78, 5) is 49.7. The first kappa shape index (κ1) is 19.3. The average Bonchev–Trinajstić information content (AvgIpc) is 2.97. The van der Waals surface area contributed by atoms with E-state index in [-0.39, 0.29) is 18.1 Å². The minimum atomic E-state index is -0.653. The third kappa shape index (κ3) is 3.93. The Bertz CT molecular complexity index is 886. The normalized spacial score (nSPS) is 12.7. The Hall–Kier alpha value is -3.48. The molecule has 0 radical (unpaired) electrons. The van der Waals surface area contributed by atoms with Crippen LogP contribution in [0.2, 0.25) is 0 Å². The molecular formula is C21H20N2O5. The summed E-state index contributed by atoms with van der Waals surface area (Å²) in [6.07, 6.45) is 1.82. The van der Waals surface area contributed by atoms with Crippen LogP contribution >= 0.6 is 0 Å². The number of fused-ring (bicyclic) bond motifs is 1. The highest BCUT2D eigenvalue weighted by atomic mass is 16.5. The minimum Gasteiger partial charge on any atom is -0.452 e. The summed E-state index contributed by atoms with van der Waals surface area (Å²) in [5, 5.41) is 2.66. The summed E-state index contributed by atoms with van der Waals surface area (Å²) in [6, 6.07) is 12.5. The fourth-order valence-corrected chi connectivity index (χ4v) is 2.84. The number of amides is 3. The van der Waals surface area contributed by atoms with Crippen molar-refractivity contribution in [2.24, 2.45) is 0 Å². The number of imide groups is 1. The maximum Gasteiger partial charge on any atom is 0.338 e. The van der Waals surface area contributed by atoms with Gasteiger partial charge < -0.3 is 10.1 Å². The maximum absolute atomic E-state index is 12.5. The Morgan fingerprint density at radius 2 is 1.57 bits per heavy atom. The van der Waals surface area contributed by atoms with Crippen LogP contribution in [0.3, 0.4) is 0 Å². The van der Waals surface area contributed by atoms with Crippen molar-refractivity contribution in [3.05, 3.63) is 65.2 Å². The number of esters is 1. The van der Waals surface area contributed by atoms with Crippen LogP contribution in [0.25, 0.3) is 0 Å². The van der Waals surface area contributed by atoms with Crippen LogP contribution in [0.1, 0.15) is 50.8 Å². The molecule has 1 aliphatic rings. The topological polar surface area (TPSA) is 92.8 Å². The van der Waals surface area contributed by atoms with Crippen molar-refractivity contribution in [1.29, 1.82) is 0 Å². The maximum atomic E-state index is 12.5. The smallest absolute Gasteiger partial charge is 0.338 e. The SMILES string of the molecule is CCCCNC(=O)COC(=O)c1ccc(N2C(=O)c3ccccc3C2=O)cc1. The van der Waals surface area contributed by atoms with E-state index in [0.717, 1.165) is 17.7 Å². The quantitative estimate of drug-likeness (QED) is 0.453. The van der Waals surface area contributed by atoms with Crippen molar-refractivity contribution in [3.63, 3.8) is 0 Å². The number of nitrogens with zero attached hydrogens (tertiary/aromatic N) is 1. The van der Waals surface area contributed by atoms with Crippen molar-refractivity contribution in [2.75, 3.05) is 18.1 Å². The van der Waals surface area contributed by atoms with Crippen LogP contribution in [0.15, 0.2) is 48.5 Å². The van der Waals surface area contributed by atoms with E-state index in [4.69, 9.17) is 4.74 Å². The molecule has 0 aliphatic carbocycles. The molecule has 1 aliphatic heterocycles. The lowest BCUT2D eigenvalue weighted by Crippen LogP contribution is -2.30. The van der Waals surface area contributed by atoms with Gasteiger partial charge in [-0.05, 0) is 42.8 Å². The number of carbonyl (C=O) groups excluding carboxylic acids is 4. The molecule has 3 amide bonds. The molecule has 7 heteroatoms. The number of unbranched alkanes of at least 4 members (excludes halogenated alkanes) is 1. The number of rotatable bonds is 7. The van der Waals surface area contributed by atoms with E-state index in [1.54, 1.807) is 24.3 Å². The van der Waals surface area contributed by atoms with Crippen LogP contribution in [0, 0.1) is 0 Å². The molecule has 144 valence electrons. The Balaban J connectivity index is 1.63. The number of benzene rings is 2. The second-order valence-corrected chi connectivity index (χ2v) is 6.32. The average molecular weight is 380 g/mol. The molecular weight excluding hydrogens is 360 g/mol. The fraction of sp³-hybridized carbons (Fsp3) is 0.238. The van der Waals surface area contributed by atoms with Gasteiger partial charge in [-0.2, -0.15) is 0 Å². The molecule has 0 saturated heterocycles. The van der Waals surface area contributed by atoms with Gasteiger partial charge in [-0.25, -0.2) is 9.69 Å². The zero-order valence-electron chi connectivity index (χ0n) is 15.4. The summed E-state index contributed by atoms with van der Waals surface area (Å²) in [5.41, 5.74) is 1.29. The lowest BCUT2D eigenvalue weighted by molar-refractivity contribution is -0.124. The van der Waals surface area contributed by atoms with Gasteiger partial charge >= 0.3 is 5.97 Å². The molecule has 0 spiro atoms. The highest BCUT2D eigenvalue weighted by molar-refractivity contribution is 6.34. The van der Waals surface area contributed by atoms with E-state index in [2.05, 4.69) is 5.32 Å². The Morgan fingerprint density at radius 1 is 0.964 bits per heavy atom. The van der Waals surface area contributed by atoms with Crippen LogP contribution in [0.4, 0.5) is 5.69 Å². The predicted molar refractivity (Wildman–Crippen MR) is 102 cm³/mol. The van der Waals surface area contributed by atoms with Crippen molar-refractivity contribution in [2.45, 2.75) is 19.8 Å². The summed E-state index contributed by atoms with van der Waals surface area (Å²) in [5.74, 6) is -1.82. The highest BCUT2D eigenvalue weighted by Crippen LogP contribution is 2.28. The van der Waals surface area contributed by atoms with E-state index in [1.165, 1.54) is 24.3 Å². The van der Waals surface area contributed by atoms with Gasteiger partial charge in [-0.15, -0.1) is 0 Å². The molecule has 0 saturated carbocycles. The van der Waals surface area contributed by atoms with Crippen LogP contribution in [-0.4, -0.2) is 36.8 Å². The van der Waals surface area contributed by atoms with E-state index in [1.807, 2.05) is 6.92 Å². The summed E-state index contributed by atoms with van der Waals surface area (Å²) in [7, 11) is 0. The van der Waals surface area contributed by atoms with E-state index in [0.29, 0.717) is 23.4 Å². The van der Waals surface area contributed by atoms with Gasteiger partial charge in [0, 0.05) is 6.54 Å². The second kappa shape index (κ2) is 8.47. The molecule has 28 heavy (non-hydrogen) atoms. The third-order valence-corrected chi connectivity index (χ3v) is 4.34. The highest BCUT2D eigenvalue weighted by Gasteiger charge is 2.36. The molecule has 0 bridgehead atoms. The summed E-state index contributed by atoms with van der Waals surface area (Å²) >= 11 is 0. The number of hydrogen-bond acceptors (Lipinski definition) is 5. The molecule has 3 rings (SSSR count). The van der Waals surface area contributed by atoms with Crippen molar-refractivity contribution < 1.29 is 23.9 Å². The van der Waals surface area contributed by atoms with Gasteiger partial charge in [0.2, 0.25) is 0 Å². The zero-order chi connectivity index (χ0) is 20.1. The van der Waals surface area contributed by atoms with Crippen molar-refractivity contribution in [1.82, 2.24) is 5.32 Å². The zero-order valence-corrected chi connectivity index (χ0v) is 15.4. The molecule has 1 heterocycles. The molecule has 0 unspecified atom stereocenters. The first-order valence-electron chi connectivity index (χ1n) is 9.04. The lowest BCUT2D eigenvalue weighted by Gasteiger charge is -2.14. The van der Waals surface area contributed by atoms with Gasteiger partial charge in [0.25, 0.3) is 17.7 Å². The van der Waals surface area contributed by atoms with Gasteiger partial charge in [-0.3, -0.25) is 14.4 Å². The largest absolute Gasteiger partial charge is 0.452 e. The van der Waals surface area contributed by atoms with E-state index in [9.17, 15) is 19.2 Å². The monoisotopic (exact) mass is 380 g/mol. The molecule has 2 aromatic carbocycles. The van der Waals surface area contributed by atoms with Crippen molar-refractivity contribution in [3.8, 4) is 0 Å². The van der Waals surface area contributed by atoms with Gasteiger partial charge in [0.1, 0.15) is 0 Å². The predicted octanol–water partition coefficient (Wildman–Crippen LogP) is 2.56. The molecule has 0 atom stereocenters. The number of nitrogens with one attached hydrogen (secondary N) is 1. The Morgan fingerprint density at radius 3 is 2.14 bits per heavy atom. The molecule has 7 nitrogen and oxygen atoms in total. The van der Waals surface area contributed by atoms with Gasteiger partial charge in [-0.1, -0.05) is 25.5 Å². The number of carbonyl (C=O) groups is 4. The van der Waals surface area contributed by atoms with Crippen LogP contribution < -0.4 is 10.2 Å². The summed E-state index contributed by atoms with van der Waals surface area (Å²) in [6.45, 7) is 2.20. The second-order valence-electron chi connectivity index (χ2n) is 6.32. The first-order chi connectivity index (χ1) is 13.5. The summed E-state index contributed by atoms with van der Waals surface area (Å²) < 4.78 is 4.98. The van der Waals surface area contributed by atoms with E-state index >= 15 is 0 Å². The van der Waals surface area contributed by atoms with Crippen molar-refractivity contribution >= 4 is 29.4 Å². The van der Waals surface area contributed by atoms with Crippen LogP contribution in [0.5, 0.6) is 0 Å². The number of anilines is 1. The molecule has 0 aromatic heterocycles. The standard InChI is InChI=1S/C21H20N2O5/c1-2-3-12-22-18(24)13-28-21(27)14-8-10-15(11-9-14)23-19(25)16-6-4-5-7-17(16)20(23)26/h4-11H,2-3,12-13H2,1H3,(H,22,24). The Kier molecular flexibility index (Phi) is 5.84. The first-order valence-corrected chi connectivity index (χ1v) is 9.04. The molecule has 1 N–H and O–H groups in total. The van der Waals surface area contributed by atoms with Gasteiger partial charge in [0.15, 0.2) is 6.61 Å². The molecule has 2 aromatic rings. The van der Waals surface area contributed by atoms with E-state index < -0.39 is 17.8 Å². The number of ether oxygens (including phenoxy) is 1. The van der Waals surface area contributed by atoms with Crippen LogP contribution in [-0.2, 0) is 9.53 Å². The Labute approximate surface area is 162 Å². The minimum absolute atomic E-state index is 0.224. The fourth-order valence-electron chi connectivity index (χ4n) is 2.84. The molecule has 0 fully saturated rings. The third-order valence-electron chi connectivity index (χ3n) is 4.34. The van der Waals surface area contributed by atoms with Gasteiger partial charge in [0.05, 0.1) is 22.4 Å². The number of hydrogen-bond donors (Lipinski definition) is 1. The lowest BCUT2D eigenvalue weighted by atomic mass is 10.1.